The summed E-state index contributed by atoms with van der Waals surface area (Å²) in [6.45, 7) is 2.46. The quantitative estimate of drug-likeness (QED) is 0.435. The fraction of sp³-hybridized carbons (Fsp3) is 0.360. The molecule has 0 aliphatic heterocycles. The number of esters is 1. The van der Waals surface area contributed by atoms with Crippen LogP contribution in [0.2, 0.25) is 0 Å². The Morgan fingerprint density at radius 2 is 1.82 bits per heavy atom. The molecule has 4 rings (SSSR count). The number of methoxy groups -OCH3 is 1. The van der Waals surface area contributed by atoms with Crippen molar-refractivity contribution in [3.05, 3.63) is 74.3 Å². The average molecular weight is 466 g/mol. The summed E-state index contributed by atoms with van der Waals surface area (Å²) in [6.07, 6.45) is 4.55. The van der Waals surface area contributed by atoms with Gasteiger partial charge in [-0.25, -0.2) is 4.79 Å². The first-order chi connectivity index (χ1) is 15.9. The first kappa shape index (κ1) is 22.9. The number of amides is 1. The van der Waals surface area contributed by atoms with E-state index in [1.807, 2.05) is 12.1 Å². The lowest BCUT2D eigenvalue weighted by Crippen LogP contribution is -2.41. The Kier molecular flexibility index (Phi) is 6.74. The van der Waals surface area contributed by atoms with E-state index in [4.69, 9.17) is 17.0 Å². The van der Waals surface area contributed by atoms with E-state index >= 15 is 0 Å². The molecule has 172 valence electrons. The van der Waals surface area contributed by atoms with Gasteiger partial charge < -0.3 is 15.0 Å². The van der Waals surface area contributed by atoms with Crippen molar-refractivity contribution in [3.8, 4) is 0 Å². The summed E-state index contributed by atoms with van der Waals surface area (Å²) in [5.41, 5.74) is 2.02. The predicted octanol–water partition coefficient (Wildman–Crippen LogP) is 4.20. The number of benzene rings is 2. The molecule has 0 radical (unpaired) electrons. The second kappa shape index (κ2) is 9.70. The fourth-order valence-electron chi connectivity index (χ4n) is 4.37. The Morgan fingerprint density at radius 3 is 2.52 bits per heavy atom. The van der Waals surface area contributed by atoms with E-state index in [1.54, 1.807) is 30.3 Å². The lowest BCUT2D eigenvalue weighted by atomic mass is 9.86. The highest BCUT2D eigenvalue weighted by molar-refractivity contribution is 7.71. The van der Waals surface area contributed by atoms with Crippen LogP contribution in [0.1, 0.15) is 58.9 Å². The third-order valence-electron chi connectivity index (χ3n) is 6.39. The highest BCUT2D eigenvalue weighted by atomic mass is 32.1. The molecular formula is C25H27N3O4S. The Balaban J connectivity index is 1.53. The normalized spacial score (nSPS) is 18.1. The largest absolute Gasteiger partial charge is 0.465 e. The number of carbonyl (C=O) groups is 2. The molecule has 0 unspecified atom stereocenters. The van der Waals surface area contributed by atoms with Gasteiger partial charge in [0, 0.05) is 11.6 Å². The van der Waals surface area contributed by atoms with Crippen molar-refractivity contribution in [3.63, 3.8) is 0 Å². The van der Waals surface area contributed by atoms with Gasteiger partial charge >= 0.3 is 5.97 Å². The van der Waals surface area contributed by atoms with Crippen molar-refractivity contribution in [2.45, 2.75) is 45.2 Å². The van der Waals surface area contributed by atoms with E-state index in [0.29, 0.717) is 27.9 Å². The first-order valence-electron chi connectivity index (χ1n) is 11.1. The smallest absolute Gasteiger partial charge is 0.337 e. The van der Waals surface area contributed by atoms with E-state index < -0.39 is 5.97 Å². The summed E-state index contributed by atoms with van der Waals surface area (Å²) in [5.74, 6) is -0.0588. The first-order valence-corrected chi connectivity index (χ1v) is 11.5. The van der Waals surface area contributed by atoms with Crippen LogP contribution in [0, 0.1) is 10.7 Å². The van der Waals surface area contributed by atoms with Crippen LogP contribution in [0.5, 0.6) is 0 Å². The molecule has 1 amide bonds. The zero-order chi connectivity index (χ0) is 23.5. The number of rotatable bonds is 5. The van der Waals surface area contributed by atoms with Crippen LogP contribution < -0.4 is 10.9 Å². The number of nitrogens with one attached hydrogen (secondary N) is 2. The fourth-order valence-corrected chi connectivity index (χ4v) is 4.63. The molecule has 7 nitrogen and oxygen atoms in total. The van der Waals surface area contributed by atoms with Crippen LogP contribution >= 0.6 is 12.2 Å². The zero-order valence-corrected chi connectivity index (χ0v) is 19.5. The standard InChI is InChI=1S/C25H27N3O4S/c1-15-5-3-4-6-20(15)26-22(29)17-9-7-16(8-10-17)14-28-23(30)19-12-11-18(24(31)32-2)13-21(19)27-25(28)33/h7-13,15,20H,3-6,14H2,1-2H3,(H,26,29)(H,27,33)/t15-,20+/m1/s1. The molecule has 2 atom stereocenters. The third kappa shape index (κ3) is 4.90. The lowest BCUT2D eigenvalue weighted by Gasteiger charge is -2.29. The Bertz CT molecular complexity index is 1310. The molecule has 0 saturated heterocycles. The SMILES string of the molecule is COC(=O)c1ccc2c(=O)n(Cc3ccc(C(=O)N[C@H]4CCCC[C@H]4C)cc3)c(=S)[nH]c2c1. The minimum Gasteiger partial charge on any atom is -0.465 e. The van der Waals surface area contributed by atoms with E-state index in [0.717, 1.165) is 24.8 Å². The van der Waals surface area contributed by atoms with Crippen molar-refractivity contribution in [2.75, 3.05) is 7.11 Å². The molecule has 0 bridgehead atoms. The molecule has 2 N–H and O–H groups in total. The number of aromatic amines is 1. The molecule has 1 fully saturated rings. The Hall–Kier alpha value is -3.26. The van der Waals surface area contributed by atoms with Crippen LogP contribution in [0.25, 0.3) is 10.9 Å². The van der Waals surface area contributed by atoms with Gasteiger partial charge in [0.1, 0.15) is 0 Å². The van der Waals surface area contributed by atoms with E-state index in [9.17, 15) is 14.4 Å². The topological polar surface area (TPSA) is 93.2 Å². The molecule has 0 spiro atoms. The van der Waals surface area contributed by atoms with Crippen molar-refractivity contribution in [2.24, 2.45) is 5.92 Å². The number of H-pyrrole nitrogens is 1. The predicted molar refractivity (Wildman–Crippen MR) is 129 cm³/mol. The van der Waals surface area contributed by atoms with Gasteiger partial charge in [-0.05, 0) is 66.9 Å². The van der Waals surface area contributed by atoms with Crippen LogP contribution in [-0.2, 0) is 11.3 Å². The van der Waals surface area contributed by atoms with E-state index in [2.05, 4.69) is 17.2 Å². The number of carbonyl (C=O) groups excluding carboxylic acids is 2. The van der Waals surface area contributed by atoms with Gasteiger partial charge in [0.25, 0.3) is 11.5 Å². The van der Waals surface area contributed by atoms with Crippen molar-refractivity contribution in [1.82, 2.24) is 14.9 Å². The van der Waals surface area contributed by atoms with Crippen LogP contribution in [0.4, 0.5) is 0 Å². The van der Waals surface area contributed by atoms with E-state index in [-0.39, 0.29) is 28.8 Å². The molecule has 33 heavy (non-hydrogen) atoms. The molecule has 2 aromatic carbocycles. The molecule has 3 aromatic rings. The van der Waals surface area contributed by atoms with Gasteiger partial charge in [-0.1, -0.05) is 31.9 Å². The number of aromatic nitrogens is 2. The third-order valence-corrected chi connectivity index (χ3v) is 6.71. The molecule has 1 heterocycles. The minimum absolute atomic E-state index is 0.0677. The zero-order valence-electron chi connectivity index (χ0n) is 18.7. The lowest BCUT2D eigenvalue weighted by molar-refractivity contribution is 0.0600. The van der Waals surface area contributed by atoms with Gasteiger partial charge in [0.15, 0.2) is 4.77 Å². The Labute approximate surface area is 196 Å². The molecule has 1 saturated carbocycles. The van der Waals surface area contributed by atoms with Crippen molar-refractivity contribution in [1.29, 1.82) is 0 Å². The van der Waals surface area contributed by atoms with Gasteiger partial charge in [-0.15, -0.1) is 0 Å². The van der Waals surface area contributed by atoms with Crippen molar-refractivity contribution >= 4 is 35.0 Å². The summed E-state index contributed by atoms with van der Waals surface area (Å²) in [6, 6.07) is 12.2. The summed E-state index contributed by atoms with van der Waals surface area (Å²) < 4.78 is 6.45. The van der Waals surface area contributed by atoms with Gasteiger partial charge in [-0.3, -0.25) is 14.2 Å². The molecule has 8 heteroatoms. The summed E-state index contributed by atoms with van der Waals surface area (Å²) >= 11 is 5.40. The second-order valence-electron chi connectivity index (χ2n) is 8.61. The number of fused-ring (bicyclic) bond motifs is 1. The second-order valence-corrected chi connectivity index (χ2v) is 9.00. The summed E-state index contributed by atoms with van der Waals surface area (Å²) in [4.78, 5) is 40.5. The number of hydrogen-bond acceptors (Lipinski definition) is 5. The number of hydrogen-bond donors (Lipinski definition) is 2. The summed E-state index contributed by atoms with van der Waals surface area (Å²) in [5, 5.41) is 3.59. The van der Waals surface area contributed by atoms with Gasteiger partial charge in [-0.2, -0.15) is 0 Å². The average Bonchev–Trinajstić information content (AvgIpc) is 2.82. The molecule has 1 aliphatic rings. The van der Waals surface area contributed by atoms with Crippen LogP contribution in [0.3, 0.4) is 0 Å². The maximum atomic E-state index is 13.0. The summed E-state index contributed by atoms with van der Waals surface area (Å²) in [7, 11) is 1.30. The maximum absolute atomic E-state index is 13.0. The van der Waals surface area contributed by atoms with Crippen LogP contribution in [-0.4, -0.2) is 34.6 Å². The number of nitrogens with zero attached hydrogens (tertiary/aromatic N) is 1. The van der Waals surface area contributed by atoms with E-state index in [1.165, 1.54) is 18.1 Å². The molecule has 1 aliphatic carbocycles. The number of ether oxygens (including phenoxy) is 1. The maximum Gasteiger partial charge on any atom is 0.337 e. The highest BCUT2D eigenvalue weighted by Crippen LogP contribution is 2.24. The highest BCUT2D eigenvalue weighted by Gasteiger charge is 2.23. The molecule has 1 aromatic heterocycles. The van der Waals surface area contributed by atoms with Gasteiger partial charge in [0.05, 0.1) is 30.1 Å². The minimum atomic E-state index is -0.484. The van der Waals surface area contributed by atoms with Crippen molar-refractivity contribution < 1.29 is 14.3 Å². The monoisotopic (exact) mass is 465 g/mol. The van der Waals surface area contributed by atoms with Gasteiger partial charge in [0.2, 0.25) is 0 Å². The Morgan fingerprint density at radius 1 is 1.12 bits per heavy atom. The van der Waals surface area contributed by atoms with Crippen LogP contribution in [0.15, 0.2) is 47.3 Å². The molecular weight excluding hydrogens is 438 g/mol.